The molecule has 1 aromatic heterocycles. The molecular weight excluding hydrogens is 269 g/mol. The zero-order chi connectivity index (χ0) is 15.2. The molecule has 2 aromatic rings. The largest absolute Gasteiger partial charge is 0.352 e. The summed E-state index contributed by atoms with van der Waals surface area (Å²) in [6.45, 7) is 4.48. The van der Waals surface area contributed by atoms with Crippen LogP contribution in [0.4, 0.5) is 4.39 Å². The molecule has 4 nitrogen and oxygen atoms in total. The van der Waals surface area contributed by atoms with Gasteiger partial charge in [0.1, 0.15) is 5.82 Å². The summed E-state index contributed by atoms with van der Waals surface area (Å²) in [4.78, 5) is 20.5. The van der Waals surface area contributed by atoms with Crippen LogP contribution >= 0.6 is 0 Å². The van der Waals surface area contributed by atoms with E-state index in [1.807, 2.05) is 0 Å². The van der Waals surface area contributed by atoms with Crippen molar-refractivity contribution in [1.29, 1.82) is 0 Å². The zero-order valence-electron chi connectivity index (χ0n) is 12.2. The lowest BCUT2D eigenvalue weighted by molar-refractivity contribution is 0.0951. The van der Waals surface area contributed by atoms with Gasteiger partial charge < -0.3 is 5.32 Å². The van der Waals surface area contributed by atoms with E-state index >= 15 is 0 Å². The number of amides is 1. The molecule has 0 aliphatic rings. The number of carbonyl (C=O) groups excluding carboxylic acids is 1. The summed E-state index contributed by atoms with van der Waals surface area (Å²) in [6, 6.07) is 5.95. The van der Waals surface area contributed by atoms with Crippen molar-refractivity contribution < 1.29 is 9.18 Å². The number of hydrogen-bond donors (Lipinski definition) is 1. The van der Waals surface area contributed by atoms with Gasteiger partial charge in [-0.05, 0) is 37.6 Å². The van der Waals surface area contributed by atoms with Gasteiger partial charge >= 0.3 is 0 Å². The predicted octanol–water partition coefficient (Wildman–Crippen LogP) is 3.12. The van der Waals surface area contributed by atoms with Crippen molar-refractivity contribution >= 4 is 5.91 Å². The van der Waals surface area contributed by atoms with Crippen molar-refractivity contribution in [1.82, 2.24) is 15.3 Å². The molecule has 21 heavy (non-hydrogen) atoms. The zero-order valence-corrected chi connectivity index (χ0v) is 12.2. The monoisotopic (exact) mass is 287 g/mol. The fourth-order valence-electron chi connectivity index (χ4n) is 1.90. The molecular formula is C16H18FN3O. The lowest BCUT2D eigenvalue weighted by Crippen LogP contribution is -2.25. The highest BCUT2D eigenvalue weighted by molar-refractivity contribution is 5.95. The quantitative estimate of drug-likeness (QED) is 0.860. The van der Waals surface area contributed by atoms with Gasteiger partial charge in [0, 0.05) is 18.3 Å². The molecule has 0 aliphatic carbocycles. The smallest absolute Gasteiger partial charge is 0.254 e. The Kier molecular flexibility index (Phi) is 4.98. The van der Waals surface area contributed by atoms with E-state index in [9.17, 15) is 9.18 Å². The van der Waals surface area contributed by atoms with Crippen LogP contribution in [0.3, 0.4) is 0 Å². The first-order valence-electron chi connectivity index (χ1n) is 6.99. The number of benzene rings is 1. The first-order valence-corrected chi connectivity index (χ1v) is 6.99. The standard InChI is InChI=1S/C16H18FN3O/c1-3-4-9-18-16(21)14-10-19-15(20-11(14)2)12-5-7-13(17)8-6-12/h5-8,10H,3-4,9H2,1-2H3,(H,18,21). The first kappa shape index (κ1) is 15.1. The molecule has 0 atom stereocenters. The number of carbonyl (C=O) groups is 1. The molecule has 0 saturated heterocycles. The highest BCUT2D eigenvalue weighted by atomic mass is 19.1. The maximum atomic E-state index is 12.9. The average molecular weight is 287 g/mol. The minimum atomic E-state index is -0.303. The van der Waals surface area contributed by atoms with E-state index in [0.717, 1.165) is 18.4 Å². The second-order valence-corrected chi connectivity index (χ2v) is 4.81. The van der Waals surface area contributed by atoms with E-state index in [0.29, 0.717) is 23.6 Å². The van der Waals surface area contributed by atoms with Crippen LogP contribution in [-0.4, -0.2) is 22.4 Å². The van der Waals surface area contributed by atoms with Crippen molar-refractivity contribution in [3.05, 3.63) is 47.5 Å². The molecule has 0 radical (unpaired) electrons. The third-order valence-electron chi connectivity index (χ3n) is 3.14. The van der Waals surface area contributed by atoms with Crippen LogP contribution in [0.2, 0.25) is 0 Å². The van der Waals surface area contributed by atoms with Crippen LogP contribution in [0.25, 0.3) is 11.4 Å². The van der Waals surface area contributed by atoms with Crippen LogP contribution in [0.5, 0.6) is 0 Å². The van der Waals surface area contributed by atoms with E-state index in [4.69, 9.17) is 0 Å². The number of unbranched alkanes of at least 4 members (excludes halogenated alkanes) is 1. The van der Waals surface area contributed by atoms with Gasteiger partial charge in [-0.1, -0.05) is 13.3 Å². The highest BCUT2D eigenvalue weighted by Crippen LogP contribution is 2.16. The Morgan fingerprint density at radius 1 is 1.29 bits per heavy atom. The Morgan fingerprint density at radius 2 is 2.00 bits per heavy atom. The van der Waals surface area contributed by atoms with E-state index in [2.05, 4.69) is 22.2 Å². The second-order valence-electron chi connectivity index (χ2n) is 4.81. The van der Waals surface area contributed by atoms with E-state index in [-0.39, 0.29) is 11.7 Å². The number of hydrogen-bond acceptors (Lipinski definition) is 3. The van der Waals surface area contributed by atoms with Crippen LogP contribution in [0.1, 0.15) is 35.8 Å². The molecule has 0 aliphatic heterocycles. The van der Waals surface area contributed by atoms with Crippen LogP contribution in [0, 0.1) is 12.7 Å². The van der Waals surface area contributed by atoms with Crippen LogP contribution in [-0.2, 0) is 0 Å². The van der Waals surface area contributed by atoms with Gasteiger partial charge in [-0.15, -0.1) is 0 Å². The topological polar surface area (TPSA) is 54.9 Å². The van der Waals surface area contributed by atoms with Crippen LogP contribution in [0.15, 0.2) is 30.5 Å². The Hall–Kier alpha value is -2.30. The summed E-state index contributed by atoms with van der Waals surface area (Å²) in [7, 11) is 0. The molecule has 0 spiro atoms. The average Bonchev–Trinajstić information content (AvgIpc) is 2.48. The summed E-state index contributed by atoms with van der Waals surface area (Å²) in [5.74, 6) is 0.0200. The minimum absolute atomic E-state index is 0.161. The molecule has 1 amide bonds. The van der Waals surface area contributed by atoms with E-state index < -0.39 is 0 Å². The molecule has 0 saturated carbocycles. The van der Waals surface area contributed by atoms with Crippen molar-refractivity contribution in [2.75, 3.05) is 6.54 Å². The molecule has 0 unspecified atom stereocenters. The second kappa shape index (κ2) is 6.92. The van der Waals surface area contributed by atoms with Crippen molar-refractivity contribution in [3.8, 4) is 11.4 Å². The predicted molar refractivity (Wildman–Crippen MR) is 79.4 cm³/mol. The maximum Gasteiger partial charge on any atom is 0.254 e. The van der Waals surface area contributed by atoms with Crippen molar-refractivity contribution in [3.63, 3.8) is 0 Å². The van der Waals surface area contributed by atoms with Gasteiger partial charge in [0.05, 0.1) is 11.3 Å². The van der Waals surface area contributed by atoms with E-state index in [1.165, 1.54) is 18.3 Å². The molecule has 110 valence electrons. The number of aromatic nitrogens is 2. The Morgan fingerprint density at radius 3 is 2.62 bits per heavy atom. The van der Waals surface area contributed by atoms with Gasteiger partial charge in [0.2, 0.25) is 0 Å². The fraction of sp³-hybridized carbons (Fsp3) is 0.312. The Bertz CT molecular complexity index is 626. The Labute approximate surface area is 123 Å². The molecule has 5 heteroatoms. The molecule has 1 aromatic carbocycles. The molecule has 2 rings (SSSR count). The summed E-state index contributed by atoms with van der Waals surface area (Å²) in [5, 5.41) is 2.84. The van der Waals surface area contributed by atoms with Gasteiger partial charge in [0.15, 0.2) is 5.82 Å². The number of nitrogens with one attached hydrogen (secondary N) is 1. The SMILES string of the molecule is CCCCNC(=O)c1cnc(-c2ccc(F)cc2)nc1C. The summed E-state index contributed by atoms with van der Waals surface area (Å²) >= 11 is 0. The third kappa shape index (κ3) is 3.84. The number of aryl methyl sites for hydroxylation is 1. The normalized spacial score (nSPS) is 10.4. The van der Waals surface area contributed by atoms with Gasteiger partial charge in [-0.25, -0.2) is 14.4 Å². The lowest BCUT2D eigenvalue weighted by atomic mass is 10.1. The summed E-state index contributed by atoms with van der Waals surface area (Å²) < 4.78 is 12.9. The van der Waals surface area contributed by atoms with Crippen molar-refractivity contribution in [2.45, 2.75) is 26.7 Å². The highest BCUT2D eigenvalue weighted by Gasteiger charge is 2.12. The van der Waals surface area contributed by atoms with E-state index in [1.54, 1.807) is 19.1 Å². The maximum absolute atomic E-state index is 12.9. The summed E-state index contributed by atoms with van der Waals surface area (Å²) in [5.41, 5.74) is 1.80. The number of halogens is 1. The fourth-order valence-corrected chi connectivity index (χ4v) is 1.90. The number of rotatable bonds is 5. The Balaban J connectivity index is 2.17. The minimum Gasteiger partial charge on any atom is -0.352 e. The van der Waals surface area contributed by atoms with Crippen LogP contribution < -0.4 is 5.32 Å². The summed E-state index contributed by atoms with van der Waals surface area (Å²) in [6.07, 6.45) is 3.49. The lowest BCUT2D eigenvalue weighted by Gasteiger charge is -2.08. The first-order chi connectivity index (χ1) is 10.1. The molecule has 1 heterocycles. The third-order valence-corrected chi connectivity index (χ3v) is 3.14. The van der Waals surface area contributed by atoms with Gasteiger partial charge in [0.25, 0.3) is 5.91 Å². The number of nitrogens with zero attached hydrogens (tertiary/aromatic N) is 2. The molecule has 0 bridgehead atoms. The van der Waals surface area contributed by atoms with Gasteiger partial charge in [-0.3, -0.25) is 4.79 Å². The van der Waals surface area contributed by atoms with Gasteiger partial charge in [-0.2, -0.15) is 0 Å². The molecule has 0 fully saturated rings. The molecule has 1 N–H and O–H groups in total. The van der Waals surface area contributed by atoms with Crippen molar-refractivity contribution in [2.24, 2.45) is 0 Å².